The van der Waals surface area contributed by atoms with Crippen LogP contribution in [-0.4, -0.2) is 18.0 Å². The van der Waals surface area contributed by atoms with Crippen molar-refractivity contribution >= 4 is 11.4 Å². The molecular weight excluding hydrogens is 204 g/mol. The van der Waals surface area contributed by atoms with E-state index in [1.165, 1.54) is 18.9 Å². The summed E-state index contributed by atoms with van der Waals surface area (Å²) in [5.41, 5.74) is 0.915. The SMILES string of the molecule is O=[N+]([O-])c1[c]c(N2CCCCCC2)ccc1. The van der Waals surface area contributed by atoms with E-state index in [1.807, 2.05) is 6.07 Å². The van der Waals surface area contributed by atoms with Crippen molar-refractivity contribution < 1.29 is 4.92 Å². The maximum absolute atomic E-state index is 10.7. The fraction of sp³-hybridized carbons (Fsp3) is 0.500. The van der Waals surface area contributed by atoms with Crippen LogP contribution in [0.4, 0.5) is 11.4 Å². The molecule has 0 aliphatic carbocycles. The lowest BCUT2D eigenvalue weighted by Crippen LogP contribution is -2.23. The molecule has 4 nitrogen and oxygen atoms in total. The van der Waals surface area contributed by atoms with E-state index in [0.29, 0.717) is 0 Å². The first-order valence-electron chi connectivity index (χ1n) is 5.69. The summed E-state index contributed by atoms with van der Waals surface area (Å²) < 4.78 is 0. The molecule has 0 unspecified atom stereocenters. The van der Waals surface area contributed by atoms with E-state index >= 15 is 0 Å². The molecule has 2 rings (SSSR count). The van der Waals surface area contributed by atoms with Crippen LogP contribution in [0.2, 0.25) is 0 Å². The largest absolute Gasteiger partial charge is 0.371 e. The Labute approximate surface area is 95.0 Å². The van der Waals surface area contributed by atoms with Crippen LogP contribution in [0.1, 0.15) is 25.7 Å². The molecule has 0 atom stereocenters. The molecule has 0 spiro atoms. The number of benzene rings is 1. The Morgan fingerprint density at radius 3 is 2.50 bits per heavy atom. The molecule has 1 saturated heterocycles. The second-order valence-electron chi connectivity index (χ2n) is 4.08. The van der Waals surface area contributed by atoms with E-state index in [4.69, 9.17) is 0 Å². The van der Waals surface area contributed by atoms with E-state index in [1.54, 1.807) is 6.07 Å². The molecule has 1 heterocycles. The third-order valence-electron chi connectivity index (χ3n) is 2.91. The lowest BCUT2D eigenvalue weighted by molar-refractivity contribution is -0.385. The van der Waals surface area contributed by atoms with Gasteiger partial charge in [-0.2, -0.15) is 0 Å². The van der Waals surface area contributed by atoms with Gasteiger partial charge >= 0.3 is 0 Å². The lowest BCUT2D eigenvalue weighted by Gasteiger charge is -2.21. The molecule has 0 N–H and O–H groups in total. The van der Waals surface area contributed by atoms with Crippen LogP contribution >= 0.6 is 0 Å². The van der Waals surface area contributed by atoms with Crippen molar-refractivity contribution in [1.82, 2.24) is 0 Å². The van der Waals surface area contributed by atoms with Crippen LogP contribution in [0.5, 0.6) is 0 Å². The molecule has 85 valence electrons. The van der Waals surface area contributed by atoms with Gasteiger partial charge in [0, 0.05) is 19.2 Å². The normalized spacial score (nSPS) is 16.9. The molecule has 1 aliphatic rings. The first-order chi connectivity index (χ1) is 7.77. The molecule has 1 aromatic rings. The topological polar surface area (TPSA) is 46.4 Å². The van der Waals surface area contributed by atoms with Gasteiger partial charge in [-0.05, 0) is 18.9 Å². The predicted octanol–water partition coefficient (Wildman–Crippen LogP) is 2.78. The fourth-order valence-electron chi connectivity index (χ4n) is 2.05. The lowest BCUT2D eigenvalue weighted by atomic mass is 10.2. The molecule has 0 amide bonds. The Morgan fingerprint density at radius 2 is 1.88 bits per heavy atom. The zero-order valence-electron chi connectivity index (χ0n) is 9.19. The minimum Gasteiger partial charge on any atom is -0.371 e. The van der Waals surface area contributed by atoms with Crippen LogP contribution in [0.25, 0.3) is 0 Å². The monoisotopic (exact) mass is 219 g/mol. The molecule has 1 fully saturated rings. The Bertz CT molecular complexity index is 371. The van der Waals surface area contributed by atoms with E-state index in [2.05, 4.69) is 11.0 Å². The third-order valence-corrected chi connectivity index (χ3v) is 2.91. The maximum Gasteiger partial charge on any atom is 0.279 e. The van der Waals surface area contributed by atoms with Gasteiger partial charge in [-0.15, -0.1) is 0 Å². The van der Waals surface area contributed by atoms with Crippen LogP contribution < -0.4 is 4.90 Å². The molecule has 1 radical (unpaired) electrons. The average molecular weight is 219 g/mol. The molecule has 4 heteroatoms. The zero-order chi connectivity index (χ0) is 11.4. The second kappa shape index (κ2) is 4.96. The van der Waals surface area contributed by atoms with Crippen molar-refractivity contribution in [2.45, 2.75) is 25.7 Å². The highest BCUT2D eigenvalue weighted by atomic mass is 16.6. The minimum absolute atomic E-state index is 0.0572. The van der Waals surface area contributed by atoms with Crippen LogP contribution in [0.3, 0.4) is 0 Å². The van der Waals surface area contributed by atoms with Gasteiger partial charge in [0.25, 0.3) is 5.69 Å². The quantitative estimate of drug-likeness (QED) is 0.567. The Balaban J connectivity index is 2.18. The Kier molecular flexibility index (Phi) is 3.39. The summed E-state index contributed by atoms with van der Waals surface area (Å²) in [4.78, 5) is 12.5. The van der Waals surface area contributed by atoms with Gasteiger partial charge in [0.2, 0.25) is 0 Å². The highest BCUT2D eigenvalue weighted by molar-refractivity contribution is 5.51. The van der Waals surface area contributed by atoms with Gasteiger partial charge in [-0.25, -0.2) is 0 Å². The van der Waals surface area contributed by atoms with Crippen molar-refractivity contribution in [2.24, 2.45) is 0 Å². The maximum atomic E-state index is 10.7. The van der Waals surface area contributed by atoms with E-state index in [0.717, 1.165) is 31.6 Å². The molecule has 0 saturated carbocycles. The second-order valence-corrected chi connectivity index (χ2v) is 4.08. The Hall–Kier alpha value is -1.58. The molecule has 1 aliphatic heterocycles. The molecule has 1 aromatic carbocycles. The number of nitro benzene ring substituents is 1. The third kappa shape index (κ3) is 2.51. The molecular formula is C12H15N2O2. The number of hydrogen-bond acceptors (Lipinski definition) is 3. The van der Waals surface area contributed by atoms with Gasteiger partial charge in [-0.3, -0.25) is 10.1 Å². The summed E-state index contributed by atoms with van der Waals surface area (Å²) in [6, 6.07) is 7.99. The highest BCUT2D eigenvalue weighted by Crippen LogP contribution is 2.22. The molecule has 0 bridgehead atoms. The van der Waals surface area contributed by atoms with E-state index < -0.39 is 0 Å². The van der Waals surface area contributed by atoms with Gasteiger partial charge < -0.3 is 4.90 Å². The van der Waals surface area contributed by atoms with Gasteiger partial charge in [0.1, 0.15) is 0 Å². The van der Waals surface area contributed by atoms with Crippen LogP contribution in [-0.2, 0) is 0 Å². The van der Waals surface area contributed by atoms with Crippen LogP contribution in [0, 0.1) is 16.2 Å². The first-order valence-corrected chi connectivity index (χ1v) is 5.69. The summed E-state index contributed by atoms with van der Waals surface area (Å²) in [7, 11) is 0. The summed E-state index contributed by atoms with van der Waals surface area (Å²) in [5.74, 6) is 0. The predicted molar refractivity (Wildman–Crippen MR) is 62.6 cm³/mol. The number of non-ortho nitro benzene ring substituents is 1. The minimum atomic E-state index is -0.388. The standard InChI is InChI=1S/C12H15N2O2/c15-14(16)12-7-5-6-11(10-12)13-8-3-1-2-4-9-13/h5-7H,1-4,8-9H2. The van der Waals surface area contributed by atoms with Crippen molar-refractivity contribution in [1.29, 1.82) is 0 Å². The first kappa shape index (κ1) is 10.9. The van der Waals surface area contributed by atoms with Crippen molar-refractivity contribution in [3.05, 3.63) is 34.4 Å². The Morgan fingerprint density at radius 1 is 1.19 bits per heavy atom. The molecule has 0 aromatic heterocycles. The van der Waals surface area contributed by atoms with Crippen molar-refractivity contribution in [2.75, 3.05) is 18.0 Å². The summed E-state index contributed by atoms with van der Waals surface area (Å²) in [6.45, 7) is 1.97. The summed E-state index contributed by atoms with van der Waals surface area (Å²) in [6.07, 6.45) is 4.84. The summed E-state index contributed by atoms with van der Waals surface area (Å²) >= 11 is 0. The summed E-state index contributed by atoms with van der Waals surface area (Å²) in [5, 5.41) is 10.7. The fourth-order valence-corrected chi connectivity index (χ4v) is 2.05. The number of anilines is 1. The number of nitrogens with zero attached hydrogens (tertiary/aromatic N) is 2. The highest BCUT2D eigenvalue weighted by Gasteiger charge is 2.13. The number of hydrogen-bond donors (Lipinski definition) is 0. The van der Waals surface area contributed by atoms with Crippen LogP contribution in [0.15, 0.2) is 18.2 Å². The van der Waals surface area contributed by atoms with Crippen molar-refractivity contribution in [3.63, 3.8) is 0 Å². The van der Waals surface area contributed by atoms with Crippen molar-refractivity contribution in [3.8, 4) is 0 Å². The number of nitro groups is 1. The van der Waals surface area contributed by atoms with Gasteiger partial charge in [0.15, 0.2) is 0 Å². The van der Waals surface area contributed by atoms with Gasteiger partial charge in [0.05, 0.1) is 16.7 Å². The number of rotatable bonds is 2. The molecule has 16 heavy (non-hydrogen) atoms. The van der Waals surface area contributed by atoms with Gasteiger partial charge in [-0.1, -0.05) is 18.9 Å². The zero-order valence-corrected chi connectivity index (χ0v) is 9.19. The average Bonchev–Trinajstić information content (AvgIpc) is 2.57. The smallest absolute Gasteiger partial charge is 0.279 e. The van der Waals surface area contributed by atoms with E-state index in [-0.39, 0.29) is 10.6 Å². The van der Waals surface area contributed by atoms with E-state index in [9.17, 15) is 10.1 Å².